The number of nitriles is 1. The average molecular weight is 335 g/mol. The number of pyridine rings is 1. The van der Waals surface area contributed by atoms with Crippen molar-refractivity contribution in [3.05, 3.63) is 30.0 Å². The van der Waals surface area contributed by atoms with E-state index in [1.54, 1.807) is 4.90 Å². The van der Waals surface area contributed by atoms with Crippen LogP contribution in [0.3, 0.4) is 0 Å². The summed E-state index contributed by atoms with van der Waals surface area (Å²) in [7, 11) is 0. The number of carbonyl (C=O) groups is 1. The van der Waals surface area contributed by atoms with Gasteiger partial charge in [-0.3, -0.25) is 14.6 Å². The van der Waals surface area contributed by atoms with E-state index in [-0.39, 0.29) is 0 Å². The first kappa shape index (κ1) is 15.9. The van der Waals surface area contributed by atoms with Gasteiger partial charge in [0.2, 0.25) is 6.41 Å². The van der Waals surface area contributed by atoms with Gasteiger partial charge in [-0.05, 0) is 42.5 Å². The quantitative estimate of drug-likeness (QED) is 0.824. The van der Waals surface area contributed by atoms with E-state index in [0.29, 0.717) is 12.5 Å². The zero-order valence-electron chi connectivity index (χ0n) is 14.1. The monoisotopic (exact) mass is 335 g/mol. The molecule has 25 heavy (non-hydrogen) atoms. The van der Waals surface area contributed by atoms with Crippen molar-refractivity contribution < 1.29 is 4.79 Å². The van der Waals surface area contributed by atoms with Crippen molar-refractivity contribution in [2.75, 3.05) is 24.5 Å². The third-order valence-electron chi connectivity index (χ3n) is 5.01. The van der Waals surface area contributed by atoms with Crippen molar-refractivity contribution >= 4 is 28.8 Å². The molecule has 4 rings (SSSR count). The maximum atomic E-state index is 11.5. The fraction of sp³-hybridized carbons (Fsp3) is 0.421. The number of rotatable bonds is 6. The van der Waals surface area contributed by atoms with E-state index in [0.717, 1.165) is 67.7 Å². The molecule has 1 aliphatic heterocycles. The van der Waals surface area contributed by atoms with Gasteiger partial charge in [-0.1, -0.05) is 6.08 Å². The third kappa shape index (κ3) is 3.15. The maximum Gasteiger partial charge on any atom is 0.215 e. The molecular weight excluding hydrogens is 314 g/mol. The zero-order chi connectivity index (χ0) is 17.2. The number of carbonyl (C=O) groups excluding carboxylic acids is 1. The highest BCUT2D eigenvalue weighted by Gasteiger charge is 2.30. The Kier molecular flexibility index (Phi) is 4.24. The Morgan fingerprint density at radius 3 is 3.04 bits per heavy atom. The highest BCUT2D eigenvalue weighted by molar-refractivity contribution is 5.93. The Hall–Kier alpha value is -2.65. The SMILES string of the molecule is N#CCCN1CC=C(c2cc(N(C=O)C3CC3)nc3[nH]ccc23)CC1. The maximum absolute atomic E-state index is 11.5. The van der Waals surface area contributed by atoms with Crippen LogP contribution in [0.25, 0.3) is 16.6 Å². The number of hydrogen-bond acceptors (Lipinski definition) is 4. The molecular formula is C19H21N5O. The molecule has 0 spiro atoms. The molecule has 3 heterocycles. The Balaban J connectivity index is 1.67. The molecule has 1 aliphatic carbocycles. The molecule has 1 N–H and O–H groups in total. The third-order valence-corrected chi connectivity index (χ3v) is 5.01. The Bertz CT molecular complexity index is 858. The summed E-state index contributed by atoms with van der Waals surface area (Å²) in [5.74, 6) is 0.732. The Morgan fingerprint density at radius 1 is 1.48 bits per heavy atom. The van der Waals surface area contributed by atoms with Gasteiger partial charge in [0, 0.05) is 43.7 Å². The van der Waals surface area contributed by atoms with Crippen molar-refractivity contribution in [1.29, 1.82) is 5.26 Å². The summed E-state index contributed by atoms with van der Waals surface area (Å²) in [6, 6.07) is 6.61. The van der Waals surface area contributed by atoms with Gasteiger partial charge in [0.1, 0.15) is 11.5 Å². The molecule has 6 nitrogen and oxygen atoms in total. The van der Waals surface area contributed by atoms with E-state index < -0.39 is 0 Å². The molecule has 128 valence electrons. The number of nitrogens with zero attached hydrogens (tertiary/aromatic N) is 4. The minimum absolute atomic E-state index is 0.298. The highest BCUT2D eigenvalue weighted by atomic mass is 16.1. The lowest BCUT2D eigenvalue weighted by Gasteiger charge is -2.26. The highest BCUT2D eigenvalue weighted by Crippen LogP contribution is 2.34. The number of fused-ring (bicyclic) bond motifs is 1. The van der Waals surface area contributed by atoms with Gasteiger partial charge >= 0.3 is 0 Å². The summed E-state index contributed by atoms with van der Waals surface area (Å²) < 4.78 is 0. The normalized spacial score (nSPS) is 18.0. The lowest BCUT2D eigenvalue weighted by Crippen LogP contribution is -2.29. The van der Waals surface area contributed by atoms with Crippen LogP contribution in [0.2, 0.25) is 0 Å². The van der Waals surface area contributed by atoms with Crippen molar-refractivity contribution in [1.82, 2.24) is 14.9 Å². The molecule has 2 aliphatic rings. The second-order valence-electron chi connectivity index (χ2n) is 6.70. The fourth-order valence-electron chi connectivity index (χ4n) is 3.47. The van der Waals surface area contributed by atoms with E-state index in [2.05, 4.69) is 33.1 Å². The van der Waals surface area contributed by atoms with Gasteiger partial charge in [0.15, 0.2) is 0 Å². The first-order valence-electron chi connectivity index (χ1n) is 8.80. The number of aromatic nitrogens is 2. The summed E-state index contributed by atoms with van der Waals surface area (Å²) in [5.41, 5.74) is 3.28. The van der Waals surface area contributed by atoms with Crippen LogP contribution >= 0.6 is 0 Å². The molecule has 1 saturated carbocycles. The molecule has 0 radical (unpaired) electrons. The predicted molar refractivity (Wildman–Crippen MR) is 96.9 cm³/mol. The molecule has 2 aromatic heterocycles. The van der Waals surface area contributed by atoms with E-state index >= 15 is 0 Å². The van der Waals surface area contributed by atoms with Gasteiger partial charge < -0.3 is 4.98 Å². The van der Waals surface area contributed by atoms with Crippen LogP contribution in [0.4, 0.5) is 5.82 Å². The van der Waals surface area contributed by atoms with Gasteiger partial charge in [0.05, 0.1) is 6.07 Å². The molecule has 1 amide bonds. The van der Waals surface area contributed by atoms with Crippen LogP contribution in [0, 0.1) is 11.3 Å². The molecule has 6 heteroatoms. The number of aromatic amines is 1. The summed E-state index contributed by atoms with van der Waals surface area (Å²) >= 11 is 0. The van der Waals surface area contributed by atoms with Crippen molar-refractivity contribution in [2.45, 2.75) is 31.7 Å². The number of H-pyrrole nitrogens is 1. The van der Waals surface area contributed by atoms with Crippen LogP contribution in [-0.2, 0) is 4.79 Å². The lowest BCUT2D eigenvalue weighted by atomic mass is 9.97. The van der Waals surface area contributed by atoms with Crippen LogP contribution in [0.15, 0.2) is 24.4 Å². The number of anilines is 1. The first-order chi connectivity index (χ1) is 12.3. The van der Waals surface area contributed by atoms with Gasteiger partial charge in [-0.25, -0.2) is 4.98 Å². The first-order valence-corrected chi connectivity index (χ1v) is 8.80. The standard InChI is InChI=1S/C19H21N5O/c20-7-1-9-23-10-5-14(6-11-23)17-12-18(24(13-25)15-2-3-15)22-19-16(17)4-8-21-19/h4-5,8,12-13,15H,1-3,6,9-11H2,(H,21,22). The molecule has 0 bridgehead atoms. The Labute approximate surface area is 146 Å². The lowest BCUT2D eigenvalue weighted by molar-refractivity contribution is -0.107. The summed E-state index contributed by atoms with van der Waals surface area (Å²) in [6.45, 7) is 2.64. The van der Waals surface area contributed by atoms with Crippen molar-refractivity contribution in [3.63, 3.8) is 0 Å². The van der Waals surface area contributed by atoms with E-state index in [1.807, 2.05) is 12.3 Å². The largest absolute Gasteiger partial charge is 0.346 e. The molecule has 0 aromatic carbocycles. The number of hydrogen-bond donors (Lipinski definition) is 1. The van der Waals surface area contributed by atoms with Gasteiger partial charge in [-0.15, -0.1) is 0 Å². The predicted octanol–water partition coefficient (Wildman–Crippen LogP) is 2.69. The fourth-order valence-corrected chi connectivity index (χ4v) is 3.47. The number of amides is 1. The van der Waals surface area contributed by atoms with E-state index in [4.69, 9.17) is 5.26 Å². The smallest absolute Gasteiger partial charge is 0.215 e. The molecule has 2 aromatic rings. The topological polar surface area (TPSA) is 76.0 Å². The van der Waals surface area contributed by atoms with Crippen LogP contribution in [0.5, 0.6) is 0 Å². The average Bonchev–Trinajstić information content (AvgIpc) is 3.36. The molecule has 0 unspecified atom stereocenters. The Morgan fingerprint density at radius 2 is 2.36 bits per heavy atom. The van der Waals surface area contributed by atoms with Crippen LogP contribution in [-0.4, -0.2) is 47.0 Å². The van der Waals surface area contributed by atoms with E-state index in [9.17, 15) is 4.79 Å². The second-order valence-corrected chi connectivity index (χ2v) is 6.70. The second kappa shape index (κ2) is 6.69. The van der Waals surface area contributed by atoms with Crippen molar-refractivity contribution in [3.8, 4) is 6.07 Å². The number of nitrogens with one attached hydrogen (secondary N) is 1. The van der Waals surface area contributed by atoms with Crippen molar-refractivity contribution in [2.24, 2.45) is 0 Å². The molecule has 0 atom stereocenters. The minimum Gasteiger partial charge on any atom is -0.346 e. The van der Waals surface area contributed by atoms with E-state index in [1.165, 1.54) is 5.57 Å². The van der Waals surface area contributed by atoms with Gasteiger partial charge in [-0.2, -0.15) is 5.26 Å². The zero-order valence-corrected chi connectivity index (χ0v) is 14.1. The van der Waals surface area contributed by atoms with Gasteiger partial charge in [0.25, 0.3) is 0 Å². The van der Waals surface area contributed by atoms with Crippen LogP contribution in [0.1, 0.15) is 31.2 Å². The summed E-state index contributed by atoms with van der Waals surface area (Å²) in [6.07, 6.45) is 8.66. The minimum atomic E-state index is 0.298. The summed E-state index contributed by atoms with van der Waals surface area (Å²) in [5, 5.41) is 9.84. The molecule has 1 fully saturated rings. The molecule has 0 saturated heterocycles. The van der Waals surface area contributed by atoms with Crippen LogP contribution < -0.4 is 4.90 Å². The summed E-state index contributed by atoms with van der Waals surface area (Å²) in [4.78, 5) is 23.4.